The molecule has 8 heteroatoms. The number of rotatable bonds is 7. The highest BCUT2D eigenvalue weighted by molar-refractivity contribution is 5.92. The molecule has 0 aromatic heterocycles. The fraction of sp³-hybridized carbons (Fsp3) is 0.786. The molecule has 0 radical (unpaired) electrons. The van der Waals surface area contributed by atoms with Crippen LogP contribution in [0.25, 0.3) is 0 Å². The van der Waals surface area contributed by atoms with E-state index in [0.717, 1.165) is 25.7 Å². The van der Waals surface area contributed by atoms with Gasteiger partial charge in [0.25, 0.3) is 0 Å². The van der Waals surface area contributed by atoms with Gasteiger partial charge < -0.3 is 25.7 Å². The average Bonchev–Trinajstić information content (AvgIpc) is 2.98. The summed E-state index contributed by atoms with van der Waals surface area (Å²) in [5.74, 6) is -2.60. The van der Waals surface area contributed by atoms with E-state index >= 15 is 0 Å². The molecule has 22 heavy (non-hydrogen) atoms. The van der Waals surface area contributed by atoms with E-state index in [2.05, 4.69) is 9.47 Å². The molecule has 0 aromatic carbocycles. The van der Waals surface area contributed by atoms with Crippen molar-refractivity contribution in [3.8, 4) is 0 Å². The molecule has 0 heterocycles. The van der Waals surface area contributed by atoms with Crippen LogP contribution < -0.4 is 11.5 Å². The van der Waals surface area contributed by atoms with Crippen molar-refractivity contribution in [2.24, 2.45) is 11.5 Å². The number of ether oxygens (including phenoxy) is 3. The van der Waals surface area contributed by atoms with Crippen molar-refractivity contribution in [3.63, 3.8) is 0 Å². The maximum absolute atomic E-state index is 11.8. The Morgan fingerprint density at radius 3 is 2.27 bits per heavy atom. The maximum Gasteiger partial charge on any atom is 0.333 e. The van der Waals surface area contributed by atoms with Gasteiger partial charge in [0, 0.05) is 0 Å². The quantitative estimate of drug-likeness (QED) is 0.480. The fourth-order valence-electron chi connectivity index (χ4n) is 2.19. The van der Waals surface area contributed by atoms with Crippen molar-refractivity contribution in [1.29, 1.82) is 0 Å². The summed E-state index contributed by atoms with van der Waals surface area (Å²) in [6.45, 7) is 1.66. The van der Waals surface area contributed by atoms with Crippen LogP contribution in [0.1, 0.15) is 39.0 Å². The van der Waals surface area contributed by atoms with E-state index < -0.39 is 36.1 Å². The SMILES string of the molecule is COC(=O)C[C@H](N)C(=O)OC(=O)[C@@H](N)[C@@H](C)OC1CCCC1. The molecule has 1 rings (SSSR count). The Morgan fingerprint density at radius 1 is 1.14 bits per heavy atom. The fourth-order valence-corrected chi connectivity index (χ4v) is 2.19. The van der Waals surface area contributed by atoms with Crippen molar-refractivity contribution >= 4 is 17.9 Å². The lowest BCUT2D eigenvalue weighted by molar-refractivity contribution is -0.165. The zero-order valence-electron chi connectivity index (χ0n) is 12.9. The molecule has 4 N–H and O–H groups in total. The number of carbonyl (C=O) groups is 3. The molecule has 0 saturated heterocycles. The van der Waals surface area contributed by atoms with Gasteiger partial charge in [0.1, 0.15) is 12.1 Å². The van der Waals surface area contributed by atoms with E-state index in [1.165, 1.54) is 7.11 Å². The van der Waals surface area contributed by atoms with Crippen molar-refractivity contribution in [2.75, 3.05) is 7.11 Å². The zero-order chi connectivity index (χ0) is 16.7. The molecule has 0 unspecified atom stereocenters. The zero-order valence-corrected chi connectivity index (χ0v) is 12.9. The Morgan fingerprint density at radius 2 is 1.73 bits per heavy atom. The van der Waals surface area contributed by atoms with Crippen LogP contribution in [-0.4, -0.2) is 49.3 Å². The Labute approximate surface area is 129 Å². The second-order valence-corrected chi connectivity index (χ2v) is 5.40. The highest BCUT2D eigenvalue weighted by Crippen LogP contribution is 2.22. The summed E-state index contributed by atoms with van der Waals surface area (Å²) in [4.78, 5) is 34.4. The van der Waals surface area contributed by atoms with Gasteiger partial charge in [0.2, 0.25) is 0 Å². The van der Waals surface area contributed by atoms with Gasteiger partial charge in [0.15, 0.2) is 0 Å². The summed E-state index contributed by atoms with van der Waals surface area (Å²) < 4.78 is 14.6. The van der Waals surface area contributed by atoms with E-state index in [0.29, 0.717) is 0 Å². The number of hydrogen-bond donors (Lipinski definition) is 2. The van der Waals surface area contributed by atoms with Crippen molar-refractivity contribution in [1.82, 2.24) is 0 Å². The Balaban J connectivity index is 2.41. The molecular formula is C14H24N2O6. The van der Waals surface area contributed by atoms with Gasteiger partial charge in [-0.2, -0.15) is 0 Å². The number of carbonyl (C=O) groups excluding carboxylic acids is 3. The lowest BCUT2D eigenvalue weighted by atomic mass is 10.2. The molecule has 0 aromatic rings. The minimum Gasteiger partial charge on any atom is -0.469 e. The van der Waals surface area contributed by atoms with Crippen molar-refractivity contribution in [2.45, 2.75) is 63.3 Å². The molecule has 1 aliphatic carbocycles. The van der Waals surface area contributed by atoms with Gasteiger partial charge in [0.05, 0.1) is 25.7 Å². The number of esters is 3. The molecule has 3 atom stereocenters. The number of nitrogens with two attached hydrogens (primary N) is 2. The van der Waals surface area contributed by atoms with Crippen LogP contribution in [0.4, 0.5) is 0 Å². The lowest BCUT2D eigenvalue weighted by Gasteiger charge is -2.22. The third kappa shape index (κ3) is 5.70. The Kier molecular flexibility index (Phi) is 7.43. The van der Waals surface area contributed by atoms with Gasteiger partial charge >= 0.3 is 17.9 Å². The van der Waals surface area contributed by atoms with Crippen LogP contribution in [0.3, 0.4) is 0 Å². The monoisotopic (exact) mass is 316 g/mol. The van der Waals surface area contributed by atoms with E-state index in [1.807, 2.05) is 0 Å². The molecule has 126 valence electrons. The van der Waals surface area contributed by atoms with Crippen LogP contribution in [-0.2, 0) is 28.6 Å². The van der Waals surface area contributed by atoms with Gasteiger partial charge in [-0.05, 0) is 19.8 Å². The van der Waals surface area contributed by atoms with Gasteiger partial charge in [-0.3, -0.25) is 4.79 Å². The lowest BCUT2D eigenvalue weighted by Crippen LogP contribution is -2.46. The van der Waals surface area contributed by atoms with Crippen LogP contribution in [0, 0.1) is 0 Å². The largest absolute Gasteiger partial charge is 0.469 e. The van der Waals surface area contributed by atoms with Crippen LogP contribution in [0.15, 0.2) is 0 Å². The predicted molar refractivity (Wildman–Crippen MR) is 76.5 cm³/mol. The van der Waals surface area contributed by atoms with Crippen LogP contribution >= 0.6 is 0 Å². The molecule has 1 saturated carbocycles. The minimum atomic E-state index is -1.27. The minimum absolute atomic E-state index is 0.0890. The second-order valence-electron chi connectivity index (χ2n) is 5.40. The average molecular weight is 316 g/mol. The molecule has 0 aliphatic heterocycles. The van der Waals surface area contributed by atoms with Gasteiger partial charge in [-0.15, -0.1) is 0 Å². The van der Waals surface area contributed by atoms with Gasteiger partial charge in [-0.25, -0.2) is 9.59 Å². The molecule has 8 nitrogen and oxygen atoms in total. The second kappa shape index (κ2) is 8.82. The normalized spacial score (nSPS) is 19.3. The highest BCUT2D eigenvalue weighted by Gasteiger charge is 2.30. The summed E-state index contributed by atoms with van der Waals surface area (Å²) in [7, 11) is 1.17. The summed E-state index contributed by atoms with van der Waals surface area (Å²) in [5.41, 5.74) is 11.2. The number of methoxy groups -OCH3 is 1. The van der Waals surface area contributed by atoms with E-state index in [1.54, 1.807) is 6.92 Å². The number of hydrogen-bond acceptors (Lipinski definition) is 8. The van der Waals surface area contributed by atoms with Crippen molar-refractivity contribution < 1.29 is 28.6 Å². The first-order valence-electron chi connectivity index (χ1n) is 7.34. The molecule has 1 aliphatic rings. The first kappa shape index (κ1) is 18.5. The summed E-state index contributed by atoms with van der Waals surface area (Å²) >= 11 is 0. The highest BCUT2D eigenvalue weighted by atomic mass is 16.6. The summed E-state index contributed by atoms with van der Waals surface area (Å²) in [5, 5.41) is 0. The van der Waals surface area contributed by atoms with Crippen LogP contribution in [0.5, 0.6) is 0 Å². The van der Waals surface area contributed by atoms with E-state index in [-0.39, 0.29) is 12.5 Å². The Hall–Kier alpha value is -1.51. The van der Waals surface area contributed by atoms with E-state index in [4.69, 9.17) is 16.2 Å². The standard InChI is InChI=1S/C14H24N2O6/c1-8(21-9-5-3-4-6-9)12(16)14(19)22-13(18)10(15)7-11(17)20-2/h8-10,12H,3-7,15-16H2,1-2H3/t8-,10+,12+/m1/s1. The molecule has 0 amide bonds. The molecule has 1 fully saturated rings. The van der Waals surface area contributed by atoms with Crippen LogP contribution in [0.2, 0.25) is 0 Å². The third-order valence-electron chi connectivity index (χ3n) is 3.61. The van der Waals surface area contributed by atoms with Gasteiger partial charge in [-0.1, -0.05) is 12.8 Å². The molecular weight excluding hydrogens is 292 g/mol. The predicted octanol–water partition coefficient (Wildman–Crippen LogP) is -0.378. The smallest absolute Gasteiger partial charge is 0.333 e. The van der Waals surface area contributed by atoms with Crippen molar-refractivity contribution in [3.05, 3.63) is 0 Å². The Bertz CT molecular complexity index is 408. The first-order chi connectivity index (χ1) is 10.3. The molecule has 0 bridgehead atoms. The topological polar surface area (TPSA) is 131 Å². The first-order valence-corrected chi connectivity index (χ1v) is 7.34. The van der Waals surface area contributed by atoms with E-state index in [9.17, 15) is 14.4 Å². The summed E-state index contributed by atoms with van der Waals surface area (Å²) in [6, 6.07) is -2.36. The summed E-state index contributed by atoms with van der Waals surface area (Å²) in [6.07, 6.45) is 3.22. The maximum atomic E-state index is 11.8. The molecule has 0 spiro atoms. The third-order valence-corrected chi connectivity index (χ3v) is 3.61.